The molecule has 1 aromatic carbocycles. The maximum absolute atomic E-state index is 13.5. The predicted octanol–water partition coefficient (Wildman–Crippen LogP) is 4.58. The standard InChI is InChI=1S/C19H30FN/c1-13(2)15-6-7-16(12-21-4)18(9-15)10-17-11-19(20)8-5-14(17)3/h5,8,11,13,15-16,18,21H,6-7,9-10,12H2,1-4H3. The SMILES string of the molecule is CNCC1CCC(C(C)C)CC1Cc1cc(F)ccc1C. The van der Waals surface area contributed by atoms with Crippen LogP contribution in [0.4, 0.5) is 4.39 Å². The summed E-state index contributed by atoms with van der Waals surface area (Å²) in [6, 6.07) is 5.23. The summed E-state index contributed by atoms with van der Waals surface area (Å²) in [6.45, 7) is 7.87. The second kappa shape index (κ2) is 7.40. The smallest absolute Gasteiger partial charge is 0.123 e. The Hall–Kier alpha value is -0.890. The number of hydrogen-bond donors (Lipinski definition) is 1. The summed E-state index contributed by atoms with van der Waals surface area (Å²) in [5, 5.41) is 3.35. The molecule has 0 radical (unpaired) electrons. The van der Waals surface area contributed by atoms with Gasteiger partial charge >= 0.3 is 0 Å². The highest BCUT2D eigenvalue weighted by atomic mass is 19.1. The molecule has 0 amide bonds. The van der Waals surface area contributed by atoms with Crippen molar-refractivity contribution in [3.8, 4) is 0 Å². The Morgan fingerprint density at radius 1 is 1.24 bits per heavy atom. The van der Waals surface area contributed by atoms with E-state index in [4.69, 9.17) is 0 Å². The van der Waals surface area contributed by atoms with Gasteiger partial charge < -0.3 is 5.32 Å². The molecule has 1 N–H and O–H groups in total. The topological polar surface area (TPSA) is 12.0 Å². The molecule has 0 bridgehead atoms. The first-order valence-corrected chi connectivity index (χ1v) is 8.40. The van der Waals surface area contributed by atoms with Crippen molar-refractivity contribution in [1.82, 2.24) is 5.32 Å². The molecule has 3 atom stereocenters. The van der Waals surface area contributed by atoms with Gasteiger partial charge in [-0.3, -0.25) is 0 Å². The molecule has 0 saturated heterocycles. The van der Waals surface area contributed by atoms with Crippen LogP contribution in [0.15, 0.2) is 18.2 Å². The van der Waals surface area contributed by atoms with Crippen molar-refractivity contribution >= 4 is 0 Å². The fourth-order valence-corrected chi connectivity index (χ4v) is 3.89. The second-order valence-corrected chi connectivity index (χ2v) is 7.17. The Labute approximate surface area is 129 Å². The Morgan fingerprint density at radius 2 is 2.00 bits per heavy atom. The molecule has 1 aliphatic carbocycles. The van der Waals surface area contributed by atoms with Crippen LogP contribution in [0.3, 0.4) is 0 Å². The van der Waals surface area contributed by atoms with Gasteiger partial charge in [0.2, 0.25) is 0 Å². The molecule has 0 aliphatic heterocycles. The average molecular weight is 291 g/mol. The van der Waals surface area contributed by atoms with Crippen molar-refractivity contribution in [3.05, 3.63) is 35.1 Å². The molecule has 118 valence electrons. The summed E-state index contributed by atoms with van der Waals surface area (Å²) in [4.78, 5) is 0. The van der Waals surface area contributed by atoms with Gasteiger partial charge in [-0.15, -0.1) is 0 Å². The first-order valence-electron chi connectivity index (χ1n) is 8.40. The van der Waals surface area contributed by atoms with E-state index in [0.717, 1.165) is 30.7 Å². The summed E-state index contributed by atoms with van der Waals surface area (Å²) in [5.41, 5.74) is 2.43. The highest BCUT2D eigenvalue weighted by molar-refractivity contribution is 5.27. The Kier molecular flexibility index (Phi) is 5.80. The molecule has 3 unspecified atom stereocenters. The van der Waals surface area contributed by atoms with Crippen LogP contribution in [0.5, 0.6) is 0 Å². The summed E-state index contributed by atoms with van der Waals surface area (Å²) in [6.07, 6.45) is 4.98. The average Bonchev–Trinajstić information content (AvgIpc) is 2.44. The van der Waals surface area contributed by atoms with Crippen molar-refractivity contribution < 1.29 is 4.39 Å². The van der Waals surface area contributed by atoms with Crippen LogP contribution >= 0.6 is 0 Å². The molecule has 2 rings (SSSR count). The lowest BCUT2D eigenvalue weighted by atomic mass is 9.68. The lowest BCUT2D eigenvalue weighted by Crippen LogP contribution is -2.34. The number of benzene rings is 1. The zero-order valence-corrected chi connectivity index (χ0v) is 14.0. The largest absolute Gasteiger partial charge is 0.319 e. The second-order valence-electron chi connectivity index (χ2n) is 7.17. The fourth-order valence-electron chi connectivity index (χ4n) is 3.89. The molecular formula is C19H30FN. The predicted molar refractivity (Wildman–Crippen MR) is 87.9 cm³/mol. The maximum Gasteiger partial charge on any atom is 0.123 e. The Balaban J connectivity index is 2.13. The van der Waals surface area contributed by atoms with Crippen molar-refractivity contribution in [2.45, 2.75) is 46.5 Å². The summed E-state index contributed by atoms with van der Waals surface area (Å²) in [7, 11) is 2.04. The van der Waals surface area contributed by atoms with E-state index in [-0.39, 0.29) is 5.82 Å². The molecule has 1 aromatic rings. The minimum Gasteiger partial charge on any atom is -0.319 e. The van der Waals surface area contributed by atoms with Crippen molar-refractivity contribution in [1.29, 1.82) is 0 Å². The molecule has 0 spiro atoms. The van der Waals surface area contributed by atoms with Gasteiger partial charge in [-0.05, 0) is 93.1 Å². The van der Waals surface area contributed by atoms with E-state index in [2.05, 4.69) is 26.1 Å². The van der Waals surface area contributed by atoms with Crippen LogP contribution in [0.2, 0.25) is 0 Å². The van der Waals surface area contributed by atoms with Gasteiger partial charge in [0.05, 0.1) is 0 Å². The highest BCUT2D eigenvalue weighted by Gasteiger charge is 2.31. The van der Waals surface area contributed by atoms with Crippen LogP contribution in [0.25, 0.3) is 0 Å². The zero-order chi connectivity index (χ0) is 15.4. The fraction of sp³-hybridized carbons (Fsp3) is 0.684. The van der Waals surface area contributed by atoms with Gasteiger partial charge in [0.25, 0.3) is 0 Å². The molecule has 21 heavy (non-hydrogen) atoms. The van der Waals surface area contributed by atoms with Gasteiger partial charge in [-0.25, -0.2) is 4.39 Å². The molecule has 1 aliphatic rings. The normalized spacial score (nSPS) is 26.3. The lowest BCUT2D eigenvalue weighted by Gasteiger charge is -2.38. The zero-order valence-electron chi connectivity index (χ0n) is 14.0. The summed E-state index contributed by atoms with van der Waals surface area (Å²) >= 11 is 0. The first kappa shape index (κ1) is 16.5. The molecule has 1 saturated carbocycles. The van der Waals surface area contributed by atoms with Gasteiger partial charge in [0.15, 0.2) is 0 Å². The van der Waals surface area contributed by atoms with E-state index in [1.54, 1.807) is 12.1 Å². The van der Waals surface area contributed by atoms with Crippen LogP contribution in [-0.2, 0) is 6.42 Å². The number of aryl methyl sites for hydroxylation is 1. The third-order valence-corrected chi connectivity index (χ3v) is 5.38. The van der Waals surface area contributed by atoms with E-state index in [9.17, 15) is 4.39 Å². The Bertz CT molecular complexity index is 455. The van der Waals surface area contributed by atoms with E-state index in [0.29, 0.717) is 5.92 Å². The van der Waals surface area contributed by atoms with Gasteiger partial charge in [-0.1, -0.05) is 19.9 Å². The number of rotatable bonds is 5. The minimum atomic E-state index is -0.100. The molecule has 1 fully saturated rings. The summed E-state index contributed by atoms with van der Waals surface area (Å²) in [5.74, 6) is 2.90. The molecule has 2 heteroatoms. The third-order valence-electron chi connectivity index (χ3n) is 5.38. The molecule has 0 heterocycles. The van der Waals surface area contributed by atoms with Gasteiger partial charge in [0, 0.05) is 0 Å². The molecule has 1 nitrogen and oxygen atoms in total. The third kappa shape index (κ3) is 4.29. The van der Waals surface area contributed by atoms with Crippen molar-refractivity contribution in [2.24, 2.45) is 23.7 Å². The van der Waals surface area contributed by atoms with Gasteiger partial charge in [-0.2, -0.15) is 0 Å². The number of halogens is 1. The van der Waals surface area contributed by atoms with E-state index in [1.807, 2.05) is 13.1 Å². The highest BCUT2D eigenvalue weighted by Crippen LogP contribution is 2.39. The van der Waals surface area contributed by atoms with E-state index in [1.165, 1.54) is 30.4 Å². The quantitative estimate of drug-likeness (QED) is 0.837. The van der Waals surface area contributed by atoms with Gasteiger partial charge in [0.1, 0.15) is 5.82 Å². The minimum absolute atomic E-state index is 0.100. The number of nitrogens with one attached hydrogen (secondary N) is 1. The first-order chi connectivity index (χ1) is 10.0. The Morgan fingerprint density at radius 3 is 2.67 bits per heavy atom. The molecular weight excluding hydrogens is 261 g/mol. The summed E-state index contributed by atoms with van der Waals surface area (Å²) < 4.78 is 13.5. The van der Waals surface area contributed by atoms with Crippen molar-refractivity contribution in [3.63, 3.8) is 0 Å². The van der Waals surface area contributed by atoms with Crippen LogP contribution in [0, 0.1) is 36.4 Å². The van der Waals surface area contributed by atoms with Crippen LogP contribution in [-0.4, -0.2) is 13.6 Å². The van der Waals surface area contributed by atoms with E-state index >= 15 is 0 Å². The lowest BCUT2D eigenvalue weighted by molar-refractivity contribution is 0.146. The molecule has 0 aromatic heterocycles. The van der Waals surface area contributed by atoms with Crippen LogP contribution in [0.1, 0.15) is 44.2 Å². The van der Waals surface area contributed by atoms with E-state index < -0.39 is 0 Å². The number of hydrogen-bond acceptors (Lipinski definition) is 1. The monoisotopic (exact) mass is 291 g/mol. The van der Waals surface area contributed by atoms with Crippen LogP contribution < -0.4 is 5.32 Å². The maximum atomic E-state index is 13.5. The van der Waals surface area contributed by atoms with Crippen molar-refractivity contribution in [2.75, 3.05) is 13.6 Å².